The van der Waals surface area contributed by atoms with Gasteiger partial charge in [-0.3, -0.25) is 19.8 Å². The van der Waals surface area contributed by atoms with Crippen molar-refractivity contribution in [1.29, 1.82) is 0 Å². The number of amides is 2. The molecule has 1 aromatic heterocycles. The standard InChI is InChI=1S/C22H15Cl2N3O2S/c1-13-9-14(12-26(13)15-5-3-2-4-6-15)10-17-20(28)25-22(30)27(21(17)29)16-7-8-18(23)19(24)11-16/h2-12H,1H3,(H,25,28,30)/b17-10-. The lowest BCUT2D eigenvalue weighted by molar-refractivity contribution is -0.122. The molecular weight excluding hydrogens is 441 g/mol. The maximum atomic E-state index is 13.1. The summed E-state index contributed by atoms with van der Waals surface area (Å²) in [6.07, 6.45) is 3.42. The third-order valence-electron chi connectivity index (χ3n) is 4.64. The van der Waals surface area contributed by atoms with Crippen LogP contribution in [0.4, 0.5) is 5.69 Å². The molecule has 2 aromatic carbocycles. The van der Waals surface area contributed by atoms with E-state index in [0.717, 1.165) is 16.9 Å². The van der Waals surface area contributed by atoms with E-state index in [2.05, 4.69) is 5.32 Å². The SMILES string of the molecule is Cc1cc(/C=C2/C(=O)NC(=S)N(c3ccc(Cl)c(Cl)c3)C2=O)cn1-c1ccccc1. The Morgan fingerprint density at radius 3 is 2.40 bits per heavy atom. The quantitative estimate of drug-likeness (QED) is 0.346. The number of aryl methyl sites for hydroxylation is 1. The molecule has 8 heteroatoms. The van der Waals surface area contributed by atoms with E-state index in [1.165, 1.54) is 11.0 Å². The molecule has 0 radical (unpaired) electrons. The number of para-hydroxylation sites is 1. The Balaban J connectivity index is 1.72. The first-order valence-electron chi connectivity index (χ1n) is 8.96. The van der Waals surface area contributed by atoms with Crippen molar-refractivity contribution >= 4 is 64.1 Å². The fourth-order valence-electron chi connectivity index (χ4n) is 3.23. The number of hydrogen-bond donors (Lipinski definition) is 1. The molecule has 150 valence electrons. The smallest absolute Gasteiger partial charge is 0.270 e. The van der Waals surface area contributed by atoms with Gasteiger partial charge >= 0.3 is 0 Å². The topological polar surface area (TPSA) is 54.3 Å². The fraction of sp³-hybridized carbons (Fsp3) is 0.0455. The van der Waals surface area contributed by atoms with Crippen LogP contribution >= 0.6 is 35.4 Å². The molecule has 1 aliphatic heterocycles. The molecule has 4 rings (SSSR count). The van der Waals surface area contributed by atoms with Crippen LogP contribution in [0.1, 0.15) is 11.3 Å². The van der Waals surface area contributed by atoms with E-state index in [-0.39, 0.29) is 15.7 Å². The first-order valence-corrected chi connectivity index (χ1v) is 10.1. The van der Waals surface area contributed by atoms with Gasteiger partial charge in [0.2, 0.25) is 0 Å². The number of carbonyl (C=O) groups is 2. The highest BCUT2D eigenvalue weighted by Gasteiger charge is 2.34. The van der Waals surface area contributed by atoms with Crippen molar-refractivity contribution < 1.29 is 9.59 Å². The second kappa shape index (κ2) is 8.07. The minimum absolute atomic E-state index is 0.0152. The summed E-state index contributed by atoms with van der Waals surface area (Å²) in [4.78, 5) is 26.9. The molecular formula is C22H15Cl2N3O2S. The van der Waals surface area contributed by atoms with Crippen LogP contribution < -0.4 is 10.2 Å². The number of hydrogen-bond acceptors (Lipinski definition) is 3. The third kappa shape index (κ3) is 3.77. The fourth-order valence-corrected chi connectivity index (χ4v) is 3.80. The molecule has 1 fully saturated rings. The monoisotopic (exact) mass is 455 g/mol. The van der Waals surface area contributed by atoms with Crippen LogP contribution in [0.15, 0.2) is 66.4 Å². The first kappa shape index (κ1) is 20.3. The Morgan fingerprint density at radius 2 is 1.70 bits per heavy atom. The Hall–Kier alpha value is -2.93. The highest BCUT2D eigenvalue weighted by Crippen LogP contribution is 2.29. The van der Waals surface area contributed by atoms with Gasteiger partial charge in [0.15, 0.2) is 5.11 Å². The molecule has 5 nitrogen and oxygen atoms in total. The molecule has 1 aliphatic rings. The van der Waals surface area contributed by atoms with E-state index in [0.29, 0.717) is 10.7 Å². The Labute approximate surface area is 188 Å². The Kier molecular flexibility index (Phi) is 5.47. The van der Waals surface area contributed by atoms with Gasteiger partial charge in [-0.05, 0) is 67.2 Å². The maximum absolute atomic E-state index is 13.1. The van der Waals surface area contributed by atoms with E-state index in [9.17, 15) is 9.59 Å². The number of halogens is 2. The molecule has 30 heavy (non-hydrogen) atoms. The normalized spacial score (nSPS) is 15.6. The third-order valence-corrected chi connectivity index (χ3v) is 5.67. The van der Waals surface area contributed by atoms with Gasteiger partial charge in [0.25, 0.3) is 11.8 Å². The number of thiocarbonyl (C=S) groups is 1. The molecule has 0 atom stereocenters. The minimum Gasteiger partial charge on any atom is -0.321 e. The van der Waals surface area contributed by atoms with E-state index in [1.54, 1.807) is 18.2 Å². The summed E-state index contributed by atoms with van der Waals surface area (Å²) in [5.74, 6) is -1.08. The van der Waals surface area contributed by atoms with Gasteiger partial charge in [-0.25, -0.2) is 0 Å². The summed E-state index contributed by atoms with van der Waals surface area (Å²) in [6, 6.07) is 16.4. The van der Waals surface area contributed by atoms with Gasteiger partial charge in [-0.15, -0.1) is 0 Å². The van der Waals surface area contributed by atoms with Crippen LogP contribution in [-0.4, -0.2) is 21.5 Å². The lowest BCUT2D eigenvalue weighted by Gasteiger charge is -2.29. The molecule has 2 amide bonds. The van der Waals surface area contributed by atoms with E-state index in [4.69, 9.17) is 35.4 Å². The van der Waals surface area contributed by atoms with Crippen LogP contribution in [0.25, 0.3) is 11.8 Å². The van der Waals surface area contributed by atoms with Crippen LogP contribution in [0.5, 0.6) is 0 Å². The zero-order valence-electron chi connectivity index (χ0n) is 15.7. The minimum atomic E-state index is -0.550. The predicted molar refractivity (Wildman–Crippen MR) is 123 cm³/mol. The maximum Gasteiger partial charge on any atom is 0.270 e. The summed E-state index contributed by atoms with van der Waals surface area (Å²) in [6.45, 7) is 1.95. The predicted octanol–water partition coefficient (Wildman–Crippen LogP) is 4.92. The molecule has 1 N–H and O–H groups in total. The van der Waals surface area contributed by atoms with Gasteiger partial charge in [-0.2, -0.15) is 0 Å². The largest absolute Gasteiger partial charge is 0.321 e. The molecule has 2 heterocycles. The number of rotatable bonds is 3. The van der Waals surface area contributed by atoms with Crippen molar-refractivity contribution in [3.8, 4) is 5.69 Å². The Bertz CT molecular complexity index is 1220. The zero-order chi connectivity index (χ0) is 21.4. The van der Waals surface area contributed by atoms with Gasteiger partial charge in [-0.1, -0.05) is 41.4 Å². The summed E-state index contributed by atoms with van der Waals surface area (Å²) in [7, 11) is 0. The first-order chi connectivity index (χ1) is 14.3. The van der Waals surface area contributed by atoms with Gasteiger partial charge < -0.3 is 4.57 Å². The highest BCUT2D eigenvalue weighted by molar-refractivity contribution is 7.80. The lowest BCUT2D eigenvalue weighted by Crippen LogP contribution is -2.54. The van der Waals surface area contributed by atoms with Crippen LogP contribution in [0, 0.1) is 6.92 Å². The second-order valence-corrected chi connectivity index (χ2v) is 7.88. The van der Waals surface area contributed by atoms with Crippen molar-refractivity contribution in [2.45, 2.75) is 6.92 Å². The van der Waals surface area contributed by atoms with Crippen molar-refractivity contribution in [1.82, 2.24) is 9.88 Å². The van der Waals surface area contributed by atoms with Gasteiger partial charge in [0, 0.05) is 17.6 Å². The average molecular weight is 456 g/mol. The molecule has 0 spiro atoms. The second-order valence-electron chi connectivity index (χ2n) is 6.68. The van der Waals surface area contributed by atoms with Crippen LogP contribution in [0.3, 0.4) is 0 Å². The molecule has 0 bridgehead atoms. The number of benzene rings is 2. The van der Waals surface area contributed by atoms with Crippen molar-refractivity contribution in [3.05, 3.63) is 87.7 Å². The number of aromatic nitrogens is 1. The van der Waals surface area contributed by atoms with E-state index >= 15 is 0 Å². The molecule has 1 saturated heterocycles. The summed E-state index contributed by atoms with van der Waals surface area (Å²) in [5.41, 5.74) is 3.06. The lowest BCUT2D eigenvalue weighted by atomic mass is 10.1. The highest BCUT2D eigenvalue weighted by atomic mass is 35.5. The summed E-state index contributed by atoms with van der Waals surface area (Å²) < 4.78 is 1.99. The van der Waals surface area contributed by atoms with Gasteiger partial charge in [0.1, 0.15) is 5.57 Å². The molecule has 0 saturated carbocycles. The van der Waals surface area contributed by atoms with Crippen molar-refractivity contribution in [2.24, 2.45) is 0 Å². The summed E-state index contributed by atoms with van der Waals surface area (Å²) >= 11 is 17.3. The molecule has 0 aliphatic carbocycles. The zero-order valence-corrected chi connectivity index (χ0v) is 18.1. The van der Waals surface area contributed by atoms with Crippen LogP contribution in [-0.2, 0) is 9.59 Å². The van der Waals surface area contributed by atoms with E-state index < -0.39 is 11.8 Å². The van der Waals surface area contributed by atoms with Gasteiger partial charge in [0.05, 0.1) is 15.7 Å². The molecule has 3 aromatic rings. The number of carbonyl (C=O) groups excluding carboxylic acids is 2. The van der Waals surface area contributed by atoms with Crippen molar-refractivity contribution in [3.63, 3.8) is 0 Å². The summed E-state index contributed by atoms with van der Waals surface area (Å²) in [5, 5.41) is 3.18. The molecule has 0 unspecified atom stereocenters. The van der Waals surface area contributed by atoms with E-state index in [1.807, 2.05) is 54.1 Å². The number of nitrogens with one attached hydrogen (secondary N) is 1. The van der Waals surface area contributed by atoms with Crippen molar-refractivity contribution in [2.75, 3.05) is 4.90 Å². The number of nitrogens with zero attached hydrogens (tertiary/aromatic N) is 2. The van der Waals surface area contributed by atoms with Crippen LogP contribution in [0.2, 0.25) is 10.0 Å². The average Bonchev–Trinajstić information content (AvgIpc) is 3.08. The number of anilines is 1. The Morgan fingerprint density at radius 1 is 0.967 bits per heavy atom.